The van der Waals surface area contributed by atoms with Gasteiger partial charge in [0.1, 0.15) is 0 Å². The minimum absolute atomic E-state index is 0.0451. The van der Waals surface area contributed by atoms with E-state index in [9.17, 15) is 0 Å². The molecule has 0 unspecified atom stereocenters. The molecule has 0 amide bonds. The highest BCUT2D eigenvalue weighted by molar-refractivity contribution is 5.62. The monoisotopic (exact) mass is 212 g/mol. The highest BCUT2D eigenvalue weighted by atomic mass is 16.3. The van der Waals surface area contributed by atoms with Crippen LogP contribution in [0.4, 0.5) is 11.4 Å². The molecule has 1 aromatic rings. The summed E-state index contributed by atoms with van der Waals surface area (Å²) in [7, 11) is 0. The summed E-state index contributed by atoms with van der Waals surface area (Å²) in [4.78, 5) is 0. The van der Waals surface area contributed by atoms with E-state index in [1.807, 2.05) is 12.1 Å². The molecule has 0 aromatic heterocycles. The third-order valence-electron chi connectivity index (χ3n) is 1.85. The molecule has 15 heavy (non-hydrogen) atoms. The quantitative estimate of drug-likeness (QED) is 0.547. The molecular formula is C11H20N2O2. The summed E-state index contributed by atoms with van der Waals surface area (Å²) < 4.78 is 0. The van der Waals surface area contributed by atoms with Crippen LogP contribution in [0, 0.1) is 5.41 Å². The van der Waals surface area contributed by atoms with Gasteiger partial charge in [-0.1, -0.05) is 26.0 Å². The Hall–Kier alpha value is -1.26. The molecule has 0 atom stereocenters. The molecule has 0 aliphatic heterocycles. The standard InChI is InChI=1S/C6H8N2.C5H12O2/c7-5-3-1-2-4-6(5)8;1-5(2,3-6)4-7/h1-4H,7-8H2;6-7H,3-4H2,1-2H3. The van der Waals surface area contributed by atoms with Gasteiger partial charge in [0.2, 0.25) is 0 Å². The van der Waals surface area contributed by atoms with Crippen LogP contribution in [0.3, 0.4) is 0 Å². The summed E-state index contributed by atoms with van der Waals surface area (Å²) in [5.41, 5.74) is 11.8. The summed E-state index contributed by atoms with van der Waals surface area (Å²) in [6.45, 7) is 3.69. The summed E-state index contributed by atoms with van der Waals surface area (Å²) in [6, 6.07) is 7.25. The van der Waals surface area contributed by atoms with Gasteiger partial charge in [0, 0.05) is 5.41 Å². The lowest BCUT2D eigenvalue weighted by Gasteiger charge is -2.16. The largest absolute Gasteiger partial charge is 0.397 e. The second-order valence-corrected chi connectivity index (χ2v) is 4.11. The Morgan fingerprint density at radius 2 is 1.33 bits per heavy atom. The van der Waals surface area contributed by atoms with Crippen LogP contribution in [-0.2, 0) is 0 Å². The molecule has 0 spiro atoms. The van der Waals surface area contributed by atoms with Crippen LogP contribution < -0.4 is 11.5 Å². The van der Waals surface area contributed by atoms with Gasteiger partial charge in [-0.15, -0.1) is 0 Å². The number of hydrogen-bond acceptors (Lipinski definition) is 4. The Labute approximate surface area is 90.5 Å². The zero-order valence-corrected chi connectivity index (χ0v) is 9.27. The molecule has 1 aromatic carbocycles. The maximum atomic E-state index is 8.43. The molecule has 0 fully saturated rings. The van der Waals surface area contributed by atoms with E-state index in [4.69, 9.17) is 21.7 Å². The molecule has 0 aliphatic rings. The van der Waals surface area contributed by atoms with E-state index in [1.54, 1.807) is 26.0 Å². The smallest absolute Gasteiger partial charge is 0.0547 e. The number of aliphatic hydroxyl groups excluding tert-OH is 2. The first-order chi connectivity index (χ1) is 6.93. The molecule has 0 bridgehead atoms. The van der Waals surface area contributed by atoms with E-state index in [1.165, 1.54) is 0 Å². The zero-order valence-electron chi connectivity index (χ0n) is 9.27. The Balaban J connectivity index is 0.000000265. The van der Waals surface area contributed by atoms with Crippen LogP contribution in [-0.4, -0.2) is 23.4 Å². The van der Waals surface area contributed by atoms with Crippen LogP contribution in [0.25, 0.3) is 0 Å². The fourth-order valence-electron chi connectivity index (χ4n) is 0.561. The summed E-state index contributed by atoms with van der Waals surface area (Å²) >= 11 is 0. The van der Waals surface area contributed by atoms with Crippen molar-refractivity contribution in [2.45, 2.75) is 13.8 Å². The van der Waals surface area contributed by atoms with Crippen LogP contribution in [0.5, 0.6) is 0 Å². The van der Waals surface area contributed by atoms with Crippen molar-refractivity contribution in [1.82, 2.24) is 0 Å². The molecule has 0 saturated heterocycles. The van der Waals surface area contributed by atoms with Gasteiger partial charge < -0.3 is 21.7 Å². The van der Waals surface area contributed by atoms with E-state index >= 15 is 0 Å². The number of rotatable bonds is 2. The number of benzene rings is 1. The van der Waals surface area contributed by atoms with Gasteiger partial charge in [-0.25, -0.2) is 0 Å². The van der Waals surface area contributed by atoms with Crippen LogP contribution >= 0.6 is 0 Å². The first-order valence-corrected chi connectivity index (χ1v) is 4.74. The minimum atomic E-state index is -0.306. The van der Waals surface area contributed by atoms with Crippen molar-refractivity contribution in [3.05, 3.63) is 24.3 Å². The van der Waals surface area contributed by atoms with E-state index < -0.39 is 0 Å². The van der Waals surface area contributed by atoms with Crippen molar-refractivity contribution in [2.75, 3.05) is 24.7 Å². The van der Waals surface area contributed by atoms with Crippen molar-refractivity contribution in [3.8, 4) is 0 Å². The lowest BCUT2D eigenvalue weighted by Crippen LogP contribution is -2.20. The number of anilines is 2. The average molecular weight is 212 g/mol. The molecule has 0 radical (unpaired) electrons. The molecule has 4 nitrogen and oxygen atoms in total. The molecule has 86 valence electrons. The van der Waals surface area contributed by atoms with Crippen LogP contribution in [0.1, 0.15) is 13.8 Å². The van der Waals surface area contributed by atoms with Crippen molar-refractivity contribution >= 4 is 11.4 Å². The minimum Gasteiger partial charge on any atom is -0.397 e. The zero-order chi connectivity index (χ0) is 11.9. The van der Waals surface area contributed by atoms with E-state index in [0.29, 0.717) is 11.4 Å². The molecular weight excluding hydrogens is 192 g/mol. The summed E-state index contributed by atoms with van der Waals surface area (Å²) in [5.74, 6) is 0. The number of hydrogen-bond donors (Lipinski definition) is 4. The summed E-state index contributed by atoms with van der Waals surface area (Å²) in [6.07, 6.45) is 0. The molecule has 0 aliphatic carbocycles. The Morgan fingerprint density at radius 3 is 1.47 bits per heavy atom. The lowest BCUT2D eigenvalue weighted by molar-refractivity contribution is 0.0857. The van der Waals surface area contributed by atoms with Gasteiger partial charge in [-0.2, -0.15) is 0 Å². The number of para-hydroxylation sites is 2. The molecule has 0 saturated carbocycles. The predicted octanol–water partition coefficient (Wildman–Crippen LogP) is 0.848. The maximum Gasteiger partial charge on any atom is 0.0547 e. The van der Waals surface area contributed by atoms with Gasteiger partial charge >= 0.3 is 0 Å². The van der Waals surface area contributed by atoms with E-state index in [-0.39, 0.29) is 18.6 Å². The van der Waals surface area contributed by atoms with Gasteiger partial charge in [0.15, 0.2) is 0 Å². The fraction of sp³-hybridized carbons (Fsp3) is 0.455. The SMILES string of the molecule is CC(C)(CO)CO.Nc1ccccc1N. The van der Waals surface area contributed by atoms with Gasteiger partial charge in [0.05, 0.1) is 24.6 Å². The third-order valence-corrected chi connectivity index (χ3v) is 1.85. The van der Waals surface area contributed by atoms with E-state index in [0.717, 1.165) is 0 Å². The molecule has 6 N–H and O–H groups in total. The number of aliphatic hydroxyl groups is 2. The predicted molar refractivity (Wildman–Crippen MR) is 63.2 cm³/mol. The second-order valence-electron chi connectivity index (χ2n) is 4.11. The van der Waals surface area contributed by atoms with Crippen molar-refractivity contribution < 1.29 is 10.2 Å². The molecule has 4 heteroatoms. The van der Waals surface area contributed by atoms with Gasteiger partial charge in [0.25, 0.3) is 0 Å². The van der Waals surface area contributed by atoms with E-state index in [2.05, 4.69) is 0 Å². The highest BCUT2D eigenvalue weighted by Crippen LogP contribution is 2.10. The Bertz CT molecular complexity index is 261. The fourth-order valence-corrected chi connectivity index (χ4v) is 0.561. The number of nitrogen functional groups attached to an aromatic ring is 2. The first kappa shape index (κ1) is 13.7. The topological polar surface area (TPSA) is 92.5 Å². The highest BCUT2D eigenvalue weighted by Gasteiger charge is 2.13. The van der Waals surface area contributed by atoms with Crippen molar-refractivity contribution in [2.24, 2.45) is 5.41 Å². The van der Waals surface area contributed by atoms with Crippen molar-refractivity contribution in [3.63, 3.8) is 0 Å². The van der Waals surface area contributed by atoms with Crippen LogP contribution in [0.15, 0.2) is 24.3 Å². The summed E-state index contributed by atoms with van der Waals surface area (Å²) in [5, 5.41) is 16.9. The first-order valence-electron chi connectivity index (χ1n) is 4.74. The normalized spacial score (nSPS) is 10.4. The number of nitrogens with two attached hydrogens (primary N) is 2. The molecule has 0 heterocycles. The van der Waals surface area contributed by atoms with Crippen molar-refractivity contribution in [1.29, 1.82) is 0 Å². The lowest BCUT2D eigenvalue weighted by atomic mass is 9.97. The second kappa shape index (κ2) is 6.27. The molecule has 1 rings (SSSR count). The Morgan fingerprint density at radius 1 is 1.00 bits per heavy atom. The average Bonchev–Trinajstić information content (AvgIpc) is 2.23. The Kier molecular flexibility index (Phi) is 5.74. The third kappa shape index (κ3) is 5.93. The van der Waals surface area contributed by atoms with Crippen LogP contribution in [0.2, 0.25) is 0 Å². The van der Waals surface area contributed by atoms with Gasteiger partial charge in [-0.05, 0) is 12.1 Å². The maximum absolute atomic E-state index is 8.43. The van der Waals surface area contributed by atoms with Gasteiger partial charge in [-0.3, -0.25) is 0 Å².